The van der Waals surface area contributed by atoms with Crippen LogP contribution in [-0.2, 0) is 10.0 Å². The fourth-order valence-corrected chi connectivity index (χ4v) is 4.22. The molecule has 1 rings (SSSR count). The van der Waals surface area contributed by atoms with E-state index in [2.05, 4.69) is 29.8 Å². The van der Waals surface area contributed by atoms with Crippen LogP contribution in [0.25, 0.3) is 0 Å². The van der Waals surface area contributed by atoms with Crippen molar-refractivity contribution in [1.29, 1.82) is 0 Å². The van der Waals surface area contributed by atoms with E-state index in [-0.39, 0.29) is 4.90 Å². The van der Waals surface area contributed by atoms with Crippen LogP contribution in [0.1, 0.15) is 33.6 Å². The molecule has 0 saturated carbocycles. The maximum absolute atomic E-state index is 12.7. The zero-order chi connectivity index (χ0) is 15.3. The van der Waals surface area contributed by atoms with Crippen molar-refractivity contribution in [3.63, 3.8) is 0 Å². The molecule has 0 saturated heterocycles. The average Bonchev–Trinajstić information content (AvgIpc) is 2.42. The van der Waals surface area contributed by atoms with Gasteiger partial charge >= 0.3 is 0 Å². The summed E-state index contributed by atoms with van der Waals surface area (Å²) in [6.45, 7) is 7.08. The number of nitrogens with zero attached hydrogens (tertiary/aromatic N) is 1. The van der Waals surface area contributed by atoms with Crippen molar-refractivity contribution < 1.29 is 8.42 Å². The SMILES string of the molecule is CCC(CC)CN(CC)S(=O)(=O)c1ccc(Cl)c(Br)c1. The highest BCUT2D eigenvalue weighted by molar-refractivity contribution is 9.10. The van der Waals surface area contributed by atoms with Gasteiger partial charge in [0.1, 0.15) is 0 Å². The monoisotopic (exact) mass is 381 g/mol. The first-order valence-electron chi connectivity index (χ1n) is 6.81. The number of halogens is 2. The molecule has 6 heteroatoms. The zero-order valence-electron chi connectivity index (χ0n) is 12.1. The second-order valence-corrected chi connectivity index (χ2v) is 7.91. The molecule has 3 nitrogen and oxygen atoms in total. The van der Waals surface area contributed by atoms with E-state index < -0.39 is 10.0 Å². The average molecular weight is 383 g/mol. The minimum atomic E-state index is -3.46. The Labute approximate surface area is 135 Å². The summed E-state index contributed by atoms with van der Waals surface area (Å²) in [5.74, 6) is 0.389. The van der Waals surface area contributed by atoms with Gasteiger partial charge in [-0.1, -0.05) is 45.2 Å². The summed E-state index contributed by atoms with van der Waals surface area (Å²) in [6, 6.07) is 4.72. The summed E-state index contributed by atoms with van der Waals surface area (Å²) in [5.41, 5.74) is 0. The zero-order valence-corrected chi connectivity index (χ0v) is 15.2. The standard InChI is InChI=1S/C14H21BrClNO2S/c1-4-11(5-2)10-17(6-3)20(18,19)12-7-8-14(16)13(15)9-12/h7-9,11H,4-6,10H2,1-3H3. The summed E-state index contributed by atoms with van der Waals surface area (Å²) >= 11 is 9.19. The second kappa shape index (κ2) is 7.78. The lowest BCUT2D eigenvalue weighted by atomic mass is 10.0. The summed E-state index contributed by atoms with van der Waals surface area (Å²) in [7, 11) is -3.46. The van der Waals surface area contributed by atoms with Gasteiger partial charge in [-0.25, -0.2) is 8.42 Å². The predicted molar refractivity (Wildman–Crippen MR) is 87.7 cm³/mol. The number of hydrogen-bond acceptors (Lipinski definition) is 2. The summed E-state index contributed by atoms with van der Waals surface area (Å²) in [5, 5.41) is 0.506. The van der Waals surface area contributed by atoms with Crippen molar-refractivity contribution in [2.24, 2.45) is 5.92 Å². The van der Waals surface area contributed by atoms with Crippen molar-refractivity contribution in [3.05, 3.63) is 27.7 Å². The molecule has 1 aromatic carbocycles. The van der Waals surface area contributed by atoms with Crippen LogP contribution < -0.4 is 0 Å². The molecule has 0 amide bonds. The Hall–Kier alpha value is -0.100. The first kappa shape index (κ1) is 18.0. The molecule has 0 unspecified atom stereocenters. The van der Waals surface area contributed by atoms with Crippen molar-refractivity contribution in [1.82, 2.24) is 4.31 Å². The molecule has 0 spiro atoms. The maximum Gasteiger partial charge on any atom is 0.243 e. The summed E-state index contributed by atoms with van der Waals surface area (Å²) < 4.78 is 27.5. The van der Waals surface area contributed by atoms with E-state index >= 15 is 0 Å². The normalized spacial score (nSPS) is 12.3. The lowest BCUT2D eigenvalue weighted by molar-refractivity contribution is 0.339. The third-order valence-electron chi connectivity index (χ3n) is 3.50. The highest BCUT2D eigenvalue weighted by Crippen LogP contribution is 2.27. The first-order chi connectivity index (χ1) is 9.36. The third kappa shape index (κ3) is 4.20. The molecule has 0 N–H and O–H groups in total. The van der Waals surface area contributed by atoms with Gasteiger partial charge in [0, 0.05) is 17.6 Å². The van der Waals surface area contributed by atoms with Crippen LogP contribution in [0.2, 0.25) is 5.02 Å². The fraction of sp³-hybridized carbons (Fsp3) is 0.571. The van der Waals surface area contributed by atoms with Crippen LogP contribution in [-0.4, -0.2) is 25.8 Å². The molecule has 0 radical (unpaired) electrons. The molecule has 114 valence electrons. The highest BCUT2D eigenvalue weighted by atomic mass is 79.9. The molecule has 0 atom stereocenters. The van der Waals surface area contributed by atoms with Crippen LogP contribution in [0.3, 0.4) is 0 Å². The molecular formula is C14H21BrClNO2S. The Balaban J connectivity index is 3.08. The minimum absolute atomic E-state index is 0.279. The van der Waals surface area contributed by atoms with E-state index in [0.717, 1.165) is 12.8 Å². The largest absolute Gasteiger partial charge is 0.243 e. The smallest absolute Gasteiger partial charge is 0.207 e. The molecule has 0 aromatic heterocycles. The second-order valence-electron chi connectivity index (χ2n) is 4.71. The minimum Gasteiger partial charge on any atom is -0.207 e. The molecule has 0 fully saturated rings. The molecule has 0 heterocycles. The van der Waals surface area contributed by atoms with Gasteiger partial charge in [-0.2, -0.15) is 4.31 Å². The molecular weight excluding hydrogens is 362 g/mol. The topological polar surface area (TPSA) is 37.4 Å². The van der Waals surface area contributed by atoms with Crippen molar-refractivity contribution in [2.75, 3.05) is 13.1 Å². The number of sulfonamides is 1. The van der Waals surface area contributed by atoms with Crippen LogP contribution >= 0.6 is 27.5 Å². The molecule has 1 aromatic rings. The Morgan fingerprint density at radius 1 is 1.25 bits per heavy atom. The quantitative estimate of drug-likeness (QED) is 0.693. The lowest BCUT2D eigenvalue weighted by Gasteiger charge is -2.25. The van der Waals surface area contributed by atoms with Crippen molar-refractivity contribution >= 4 is 37.6 Å². The van der Waals surface area contributed by atoms with E-state index in [9.17, 15) is 8.42 Å². The fourth-order valence-electron chi connectivity index (χ4n) is 2.02. The number of benzene rings is 1. The van der Waals surface area contributed by atoms with Crippen LogP contribution in [0.4, 0.5) is 0 Å². The van der Waals surface area contributed by atoms with Gasteiger partial charge in [0.05, 0.1) is 9.92 Å². The Kier molecular flexibility index (Phi) is 6.98. The van der Waals surface area contributed by atoms with Gasteiger partial charge in [-0.3, -0.25) is 0 Å². The van der Waals surface area contributed by atoms with Gasteiger partial charge in [0.25, 0.3) is 0 Å². The van der Waals surface area contributed by atoms with Gasteiger partial charge in [-0.05, 0) is 40.0 Å². The van der Waals surface area contributed by atoms with E-state index in [1.54, 1.807) is 22.5 Å². The summed E-state index contributed by atoms with van der Waals surface area (Å²) in [6.07, 6.45) is 1.96. The lowest BCUT2D eigenvalue weighted by Crippen LogP contribution is -2.35. The van der Waals surface area contributed by atoms with Gasteiger partial charge in [0.15, 0.2) is 0 Å². The molecule has 0 aliphatic carbocycles. The van der Waals surface area contributed by atoms with E-state index in [4.69, 9.17) is 11.6 Å². The Morgan fingerprint density at radius 2 is 1.85 bits per heavy atom. The van der Waals surface area contributed by atoms with Crippen LogP contribution in [0.15, 0.2) is 27.6 Å². The van der Waals surface area contributed by atoms with Crippen molar-refractivity contribution in [3.8, 4) is 0 Å². The Morgan fingerprint density at radius 3 is 2.30 bits per heavy atom. The third-order valence-corrected chi connectivity index (χ3v) is 6.65. The van der Waals surface area contributed by atoms with Gasteiger partial charge in [-0.15, -0.1) is 0 Å². The molecule has 0 bridgehead atoms. The summed E-state index contributed by atoms with van der Waals surface area (Å²) in [4.78, 5) is 0.279. The predicted octanol–water partition coefficient (Wildman–Crippen LogP) is 4.55. The number of hydrogen-bond donors (Lipinski definition) is 0. The Bertz CT molecular complexity index is 544. The van der Waals surface area contributed by atoms with Crippen LogP contribution in [0, 0.1) is 5.92 Å². The van der Waals surface area contributed by atoms with Crippen molar-refractivity contribution in [2.45, 2.75) is 38.5 Å². The maximum atomic E-state index is 12.7. The molecule has 0 aliphatic heterocycles. The first-order valence-corrected chi connectivity index (χ1v) is 9.43. The molecule has 0 aliphatic rings. The van der Waals surface area contributed by atoms with E-state index in [0.29, 0.717) is 28.5 Å². The van der Waals surface area contributed by atoms with Crippen LogP contribution in [0.5, 0.6) is 0 Å². The van der Waals surface area contributed by atoms with Gasteiger partial charge in [0.2, 0.25) is 10.0 Å². The highest BCUT2D eigenvalue weighted by Gasteiger charge is 2.25. The van der Waals surface area contributed by atoms with E-state index in [1.807, 2.05) is 6.92 Å². The number of rotatable bonds is 7. The van der Waals surface area contributed by atoms with E-state index in [1.165, 1.54) is 0 Å². The molecule has 20 heavy (non-hydrogen) atoms. The van der Waals surface area contributed by atoms with Gasteiger partial charge < -0.3 is 0 Å².